The Kier molecular flexibility index (Phi) is 8.09. The highest BCUT2D eigenvalue weighted by molar-refractivity contribution is 6.41. The number of nitrogens with one attached hydrogen (secondary N) is 2. The Morgan fingerprint density at radius 2 is 2.04 bits per heavy atom. The molecule has 142 valence electrons. The van der Waals surface area contributed by atoms with E-state index in [1.54, 1.807) is 14.2 Å². The van der Waals surface area contributed by atoms with Crippen LogP contribution >= 0.6 is 23.2 Å². The molecule has 6 nitrogen and oxygen atoms in total. The Morgan fingerprint density at radius 1 is 1.23 bits per heavy atom. The molecule has 0 aliphatic heterocycles. The summed E-state index contributed by atoms with van der Waals surface area (Å²) in [6.45, 7) is 2.29. The van der Waals surface area contributed by atoms with E-state index in [1.807, 2.05) is 41.9 Å². The van der Waals surface area contributed by atoms with E-state index in [9.17, 15) is 0 Å². The first-order chi connectivity index (χ1) is 12.5. The zero-order chi connectivity index (χ0) is 18.9. The molecule has 0 bridgehead atoms. The maximum Gasteiger partial charge on any atom is 0.191 e. The zero-order valence-electron chi connectivity index (χ0n) is 15.2. The molecule has 2 aromatic rings. The van der Waals surface area contributed by atoms with Crippen molar-refractivity contribution in [2.24, 2.45) is 12.0 Å². The van der Waals surface area contributed by atoms with Crippen molar-refractivity contribution in [1.82, 2.24) is 15.2 Å². The maximum absolute atomic E-state index is 6.07. The molecule has 0 aliphatic rings. The summed E-state index contributed by atoms with van der Waals surface area (Å²) in [5.41, 5.74) is 2.04. The molecule has 0 aliphatic carbocycles. The van der Waals surface area contributed by atoms with E-state index >= 15 is 0 Å². The average molecular weight is 399 g/mol. The first-order valence-corrected chi connectivity index (χ1v) is 8.95. The fraction of sp³-hybridized carbons (Fsp3) is 0.389. The normalized spacial score (nSPS) is 11.5. The topological polar surface area (TPSA) is 59.8 Å². The van der Waals surface area contributed by atoms with Crippen LogP contribution in [-0.4, -0.2) is 37.8 Å². The molecule has 0 amide bonds. The van der Waals surface area contributed by atoms with Gasteiger partial charge in [0.15, 0.2) is 5.96 Å². The van der Waals surface area contributed by atoms with Crippen molar-refractivity contribution in [3.05, 3.63) is 51.8 Å². The van der Waals surface area contributed by atoms with Crippen molar-refractivity contribution in [3.8, 4) is 5.75 Å². The minimum atomic E-state index is 0.525. The molecular formula is C18H24Cl2N4O2. The van der Waals surface area contributed by atoms with Crippen molar-refractivity contribution in [1.29, 1.82) is 0 Å². The summed E-state index contributed by atoms with van der Waals surface area (Å²) in [5.74, 6) is 1.51. The van der Waals surface area contributed by atoms with Gasteiger partial charge in [-0.05, 0) is 23.8 Å². The fourth-order valence-corrected chi connectivity index (χ4v) is 2.76. The lowest BCUT2D eigenvalue weighted by molar-refractivity contribution is 0.125. The number of hydrogen-bond donors (Lipinski definition) is 2. The third-order valence-electron chi connectivity index (χ3n) is 3.82. The summed E-state index contributed by atoms with van der Waals surface area (Å²) >= 11 is 12.1. The third-order valence-corrected chi connectivity index (χ3v) is 4.66. The van der Waals surface area contributed by atoms with Crippen LogP contribution in [0, 0.1) is 0 Å². The lowest BCUT2D eigenvalue weighted by Crippen LogP contribution is -2.38. The predicted molar refractivity (Wildman–Crippen MR) is 106 cm³/mol. The lowest BCUT2D eigenvalue weighted by atomic mass is 10.2. The van der Waals surface area contributed by atoms with Crippen molar-refractivity contribution in [2.45, 2.75) is 13.2 Å². The third kappa shape index (κ3) is 5.83. The van der Waals surface area contributed by atoms with Crippen molar-refractivity contribution in [3.63, 3.8) is 0 Å². The van der Waals surface area contributed by atoms with Gasteiger partial charge in [0.1, 0.15) is 10.9 Å². The minimum absolute atomic E-state index is 0.525. The smallest absolute Gasteiger partial charge is 0.191 e. The molecule has 0 fully saturated rings. The Morgan fingerprint density at radius 3 is 2.69 bits per heavy atom. The average Bonchev–Trinajstić information content (AvgIpc) is 2.91. The number of halogens is 2. The van der Waals surface area contributed by atoms with E-state index in [4.69, 9.17) is 32.7 Å². The van der Waals surface area contributed by atoms with Crippen LogP contribution in [0.2, 0.25) is 10.2 Å². The summed E-state index contributed by atoms with van der Waals surface area (Å²) < 4.78 is 12.7. The number of aromatic nitrogens is 1. The molecule has 2 rings (SSSR count). The van der Waals surface area contributed by atoms with Gasteiger partial charge in [0.2, 0.25) is 0 Å². The van der Waals surface area contributed by atoms with Gasteiger partial charge in [-0.25, -0.2) is 0 Å². The van der Waals surface area contributed by atoms with Gasteiger partial charge in [-0.15, -0.1) is 0 Å². The van der Waals surface area contributed by atoms with Crippen LogP contribution in [0.15, 0.2) is 35.3 Å². The summed E-state index contributed by atoms with van der Waals surface area (Å²) in [4.78, 5) is 4.19. The summed E-state index contributed by atoms with van der Waals surface area (Å²) in [7, 11) is 5.24. The highest BCUT2D eigenvalue weighted by Crippen LogP contribution is 2.24. The largest absolute Gasteiger partial charge is 0.497 e. The molecular weight excluding hydrogens is 375 g/mol. The van der Waals surface area contributed by atoms with Gasteiger partial charge in [-0.2, -0.15) is 0 Å². The molecule has 8 heteroatoms. The number of methoxy groups -OCH3 is 1. The molecule has 2 N–H and O–H groups in total. The van der Waals surface area contributed by atoms with E-state index in [0.717, 1.165) is 17.0 Å². The molecule has 1 heterocycles. The van der Waals surface area contributed by atoms with Gasteiger partial charge >= 0.3 is 0 Å². The molecule has 0 spiro atoms. The molecule has 26 heavy (non-hydrogen) atoms. The van der Waals surface area contributed by atoms with E-state index in [2.05, 4.69) is 15.6 Å². The van der Waals surface area contributed by atoms with Gasteiger partial charge < -0.3 is 24.7 Å². The summed E-state index contributed by atoms with van der Waals surface area (Å²) in [6.07, 6.45) is 0. The molecule has 0 radical (unpaired) electrons. The fourth-order valence-electron chi connectivity index (χ4n) is 2.35. The van der Waals surface area contributed by atoms with E-state index in [0.29, 0.717) is 42.4 Å². The van der Waals surface area contributed by atoms with Crippen LogP contribution in [0.5, 0.6) is 5.75 Å². The van der Waals surface area contributed by atoms with Gasteiger partial charge in [0.25, 0.3) is 0 Å². The monoisotopic (exact) mass is 398 g/mol. The van der Waals surface area contributed by atoms with Crippen molar-refractivity contribution >= 4 is 29.2 Å². The van der Waals surface area contributed by atoms with Gasteiger partial charge in [0, 0.05) is 26.3 Å². The van der Waals surface area contributed by atoms with Crippen LogP contribution < -0.4 is 15.4 Å². The quantitative estimate of drug-likeness (QED) is 0.407. The van der Waals surface area contributed by atoms with Crippen molar-refractivity contribution < 1.29 is 9.47 Å². The lowest BCUT2D eigenvalue weighted by Gasteiger charge is -2.13. The zero-order valence-corrected chi connectivity index (χ0v) is 16.7. The number of ether oxygens (including phenoxy) is 2. The first kappa shape index (κ1) is 20.4. The van der Waals surface area contributed by atoms with Crippen LogP contribution in [0.1, 0.15) is 11.3 Å². The Bertz CT molecular complexity index is 747. The second-order valence-electron chi connectivity index (χ2n) is 5.59. The standard InChI is InChI=1S/C18H24Cl2N4O2/c1-21-18(23-11-14-10-16(19)17(20)24(14)2)22-7-8-26-12-13-5-4-6-15(9-13)25-3/h4-6,9-10H,7-8,11-12H2,1-3H3,(H2,21,22,23). The van der Waals surface area contributed by atoms with E-state index in [1.165, 1.54) is 0 Å². The SMILES string of the molecule is CN=C(NCCOCc1cccc(OC)c1)NCc1cc(Cl)c(Cl)n1C. The second kappa shape index (κ2) is 10.3. The van der Waals surface area contributed by atoms with Gasteiger partial charge in [-0.3, -0.25) is 4.99 Å². The molecule has 0 unspecified atom stereocenters. The summed E-state index contributed by atoms with van der Waals surface area (Å²) in [5, 5.41) is 7.49. The van der Waals surface area contributed by atoms with Gasteiger partial charge in [-0.1, -0.05) is 35.3 Å². The number of hydrogen-bond acceptors (Lipinski definition) is 3. The molecule has 0 atom stereocenters. The number of rotatable bonds is 8. The van der Waals surface area contributed by atoms with E-state index < -0.39 is 0 Å². The Balaban J connectivity index is 1.69. The number of guanidine groups is 1. The van der Waals surface area contributed by atoms with E-state index in [-0.39, 0.29) is 0 Å². The Hall–Kier alpha value is -1.89. The van der Waals surface area contributed by atoms with Crippen LogP contribution in [-0.2, 0) is 24.9 Å². The number of benzene rings is 1. The summed E-state index contributed by atoms with van der Waals surface area (Å²) in [6, 6.07) is 9.66. The highest BCUT2D eigenvalue weighted by Gasteiger charge is 2.09. The van der Waals surface area contributed by atoms with Crippen LogP contribution in [0.25, 0.3) is 0 Å². The maximum atomic E-state index is 6.07. The number of aliphatic imine (C=N–C) groups is 1. The molecule has 0 saturated carbocycles. The van der Waals surface area contributed by atoms with Crippen LogP contribution in [0.4, 0.5) is 0 Å². The Labute approximate surface area is 164 Å². The van der Waals surface area contributed by atoms with Gasteiger partial charge in [0.05, 0.1) is 31.9 Å². The molecule has 1 aromatic heterocycles. The van der Waals surface area contributed by atoms with Crippen molar-refractivity contribution in [2.75, 3.05) is 27.3 Å². The minimum Gasteiger partial charge on any atom is -0.497 e. The first-order valence-electron chi connectivity index (χ1n) is 8.20. The molecule has 0 saturated heterocycles. The number of nitrogens with zero attached hydrogens (tertiary/aromatic N) is 2. The highest BCUT2D eigenvalue weighted by atomic mass is 35.5. The van der Waals surface area contributed by atoms with Crippen LogP contribution in [0.3, 0.4) is 0 Å². The second-order valence-corrected chi connectivity index (χ2v) is 6.36. The predicted octanol–water partition coefficient (Wildman–Crippen LogP) is 3.22. The molecule has 1 aromatic carbocycles.